The molecule has 0 amide bonds. The molecular weight excluding hydrogens is 350 g/mol. The van der Waals surface area contributed by atoms with E-state index in [1.165, 1.54) is 21.5 Å². The zero-order valence-electron chi connectivity index (χ0n) is 14.5. The highest BCUT2D eigenvalue weighted by Crippen LogP contribution is 2.17. The Labute approximate surface area is 153 Å². The summed E-state index contributed by atoms with van der Waals surface area (Å²) in [6, 6.07) is 6.61. The van der Waals surface area contributed by atoms with Crippen molar-refractivity contribution in [2.45, 2.75) is 20.0 Å². The van der Waals surface area contributed by atoms with E-state index in [1.807, 2.05) is 6.92 Å². The Balaban J connectivity index is 1.62. The molecule has 0 aliphatic carbocycles. The second-order valence-corrected chi connectivity index (χ2v) is 6.21. The van der Waals surface area contributed by atoms with E-state index in [1.54, 1.807) is 41.3 Å². The molecule has 4 rings (SSSR count). The van der Waals surface area contributed by atoms with Gasteiger partial charge in [0, 0.05) is 11.8 Å². The van der Waals surface area contributed by atoms with Gasteiger partial charge in [-0.25, -0.2) is 9.36 Å². The summed E-state index contributed by atoms with van der Waals surface area (Å²) >= 11 is 0. The molecule has 138 valence electrons. The molecule has 0 radical (unpaired) electrons. The zero-order chi connectivity index (χ0) is 19.0. The molecule has 0 unspecified atom stereocenters. The summed E-state index contributed by atoms with van der Waals surface area (Å²) in [7, 11) is 0. The Bertz CT molecular complexity index is 1150. The van der Waals surface area contributed by atoms with E-state index in [4.69, 9.17) is 4.52 Å². The van der Waals surface area contributed by atoms with Gasteiger partial charge in [-0.15, -0.1) is 0 Å². The Morgan fingerprint density at radius 3 is 2.74 bits per heavy atom. The molecule has 1 aromatic carbocycles. The number of aromatic nitrogens is 5. The van der Waals surface area contributed by atoms with Crippen LogP contribution in [0, 0.1) is 6.92 Å². The smallest absolute Gasteiger partial charge is 0.336 e. The van der Waals surface area contributed by atoms with E-state index in [2.05, 4.69) is 10.3 Å². The molecule has 0 fully saturated rings. The van der Waals surface area contributed by atoms with Crippen LogP contribution in [0.3, 0.4) is 0 Å². The number of hydrogen-bond donors (Lipinski definition) is 2. The summed E-state index contributed by atoms with van der Waals surface area (Å²) in [6.07, 6.45) is 6.13. The van der Waals surface area contributed by atoms with Crippen molar-refractivity contribution in [3.8, 4) is 17.3 Å². The molecule has 4 aromatic rings. The normalized spacial score (nSPS) is 11.1. The third-order valence-electron chi connectivity index (χ3n) is 4.26. The molecule has 0 aliphatic rings. The Morgan fingerprint density at radius 2 is 2.00 bits per heavy atom. The van der Waals surface area contributed by atoms with Gasteiger partial charge in [0.25, 0.3) is 0 Å². The van der Waals surface area contributed by atoms with Crippen LogP contribution in [-0.2, 0) is 13.1 Å². The molecule has 27 heavy (non-hydrogen) atoms. The molecule has 0 saturated heterocycles. The van der Waals surface area contributed by atoms with Gasteiger partial charge in [-0.05, 0) is 24.6 Å². The van der Waals surface area contributed by atoms with Crippen LogP contribution in [0.5, 0.6) is 11.6 Å². The predicted octanol–water partition coefficient (Wildman–Crippen LogP) is 1.64. The largest absolute Gasteiger partial charge is 0.508 e. The quantitative estimate of drug-likeness (QED) is 0.555. The van der Waals surface area contributed by atoms with Crippen molar-refractivity contribution >= 4 is 0 Å². The minimum atomic E-state index is -0.406. The van der Waals surface area contributed by atoms with Crippen molar-refractivity contribution in [1.82, 2.24) is 24.1 Å². The Hall–Kier alpha value is -3.75. The first kappa shape index (κ1) is 16.7. The lowest BCUT2D eigenvalue weighted by Gasteiger charge is -2.02. The van der Waals surface area contributed by atoms with Crippen LogP contribution >= 0.6 is 0 Å². The first-order chi connectivity index (χ1) is 13.0. The summed E-state index contributed by atoms with van der Waals surface area (Å²) in [5, 5.41) is 27.8. The van der Waals surface area contributed by atoms with Gasteiger partial charge in [-0.1, -0.05) is 17.3 Å². The van der Waals surface area contributed by atoms with Crippen LogP contribution in [-0.4, -0.2) is 34.3 Å². The second-order valence-electron chi connectivity index (χ2n) is 6.21. The number of phenols is 1. The van der Waals surface area contributed by atoms with Gasteiger partial charge in [0.2, 0.25) is 5.88 Å². The molecule has 2 N–H and O–H groups in total. The molecular formula is C18H17N5O4. The average Bonchev–Trinajstić information content (AvgIpc) is 3.30. The fraction of sp³-hybridized carbons (Fsp3) is 0.167. The van der Waals surface area contributed by atoms with E-state index in [0.29, 0.717) is 18.0 Å². The molecule has 3 aromatic heterocycles. The third-order valence-corrected chi connectivity index (χ3v) is 4.26. The first-order valence-electron chi connectivity index (χ1n) is 8.23. The lowest BCUT2D eigenvalue weighted by molar-refractivity contribution is 0.395. The average molecular weight is 367 g/mol. The molecule has 9 heteroatoms. The lowest BCUT2D eigenvalue weighted by Crippen LogP contribution is -2.23. The molecule has 0 spiro atoms. The number of rotatable bonds is 5. The maximum atomic E-state index is 12.7. The van der Waals surface area contributed by atoms with Gasteiger partial charge in [-0.3, -0.25) is 9.25 Å². The summed E-state index contributed by atoms with van der Waals surface area (Å²) in [5.74, 6) is 0.625. The fourth-order valence-electron chi connectivity index (χ4n) is 2.89. The SMILES string of the molecule is Cc1oncc1Cn1cc(-n2c(O)cn(Cc3cccc(O)c3)c2=O)cn1. The molecule has 0 atom stereocenters. The van der Waals surface area contributed by atoms with Crippen molar-refractivity contribution in [2.75, 3.05) is 0 Å². The van der Waals surface area contributed by atoms with Crippen LogP contribution in [0.1, 0.15) is 16.9 Å². The molecule has 3 heterocycles. The standard InChI is InChI=1S/C18H17N5O4/c1-12-14(6-20-27-12)9-22-10-15(7-19-22)23-17(25)11-21(18(23)26)8-13-3-2-4-16(24)5-13/h2-7,10-11,24-25H,8-9H2,1H3. The summed E-state index contributed by atoms with van der Waals surface area (Å²) in [5.41, 5.74) is 1.66. The second kappa shape index (κ2) is 6.52. The van der Waals surface area contributed by atoms with E-state index in [-0.39, 0.29) is 18.2 Å². The lowest BCUT2D eigenvalue weighted by atomic mass is 10.2. The van der Waals surface area contributed by atoms with Crippen molar-refractivity contribution in [3.05, 3.63) is 76.4 Å². The number of aryl methyl sites for hydroxylation is 1. The highest BCUT2D eigenvalue weighted by molar-refractivity contribution is 5.32. The van der Waals surface area contributed by atoms with E-state index < -0.39 is 5.69 Å². The van der Waals surface area contributed by atoms with Crippen molar-refractivity contribution < 1.29 is 14.7 Å². The fourth-order valence-corrected chi connectivity index (χ4v) is 2.89. The van der Waals surface area contributed by atoms with Gasteiger partial charge in [0.15, 0.2) is 0 Å². The van der Waals surface area contributed by atoms with Gasteiger partial charge in [-0.2, -0.15) is 5.10 Å². The molecule has 9 nitrogen and oxygen atoms in total. The first-order valence-corrected chi connectivity index (χ1v) is 8.23. The number of hydrogen-bond acceptors (Lipinski definition) is 6. The number of aromatic hydroxyl groups is 2. The van der Waals surface area contributed by atoms with Gasteiger partial charge < -0.3 is 14.7 Å². The molecule has 0 aliphatic heterocycles. The maximum Gasteiger partial charge on any atom is 0.336 e. The monoisotopic (exact) mass is 367 g/mol. The summed E-state index contributed by atoms with van der Waals surface area (Å²) in [4.78, 5) is 12.7. The Kier molecular flexibility index (Phi) is 4.03. The van der Waals surface area contributed by atoms with Gasteiger partial charge in [0.1, 0.15) is 11.5 Å². The predicted molar refractivity (Wildman–Crippen MR) is 95.0 cm³/mol. The van der Waals surface area contributed by atoms with Crippen LogP contribution < -0.4 is 5.69 Å². The van der Waals surface area contributed by atoms with E-state index >= 15 is 0 Å². The number of phenolic OH excluding ortho intramolecular Hbond substituents is 1. The van der Waals surface area contributed by atoms with Crippen LogP contribution in [0.15, 0.2) is 58.4 Å². The van der Waals surface area contributed by atoms with Crippen LogP contribution in [0.25, 0.3) is 5.69 Å². The highest BCUT2D eigenvalue weighted by atomic mass is 16.5. The summed E-state index contributed by atoms with van der Waals surface area (Å²) in [6.45, 7) is 2.47. The molecule has 0 bridgehead atoms. The third kappa shape index (κ3) is 3.22. The number of imidazole rings is 1. The van der Waals surface area contributed by atoms with Crippen molar-refractivity contribution in [1.29, 1.82) is 0 Å². The minimum Gasteiger partial charge on any atom is -0.508 e. The molecule has 0 saturated carbocycles. The van der Waals surface area contributed by atoms with Crippen molar-refractivity contribution in [2.24, 2.45) is 0 Å². The number of nitrogens with zero attached hydrogens (tertiary/aromatic N) is 5. The van der Waals surface area contributed by atoms with E-state index in [9.17, 15) is 15.0 Å². The van der Waals surface area contributed by atoms with Crippen molar-refractivity contribution in [3.63, 3.8) is 0 Å². The van der Waals surface area contributed by atoms with Crippen LogP contribution in [0.4, 0.5) is 0 Å². The Morgan fingerprint density at radius 1 is 1.15 bits per heavy atom. The van der Waals surface area contributed by atoms with Gasteiger partial charge in [0.05, 0.1) is 37.4 Å². The van der Waals surface area contributed by atoms with E-state index in [0.717, 1.165) is 11.1 Å². The minimum absolute atomic E-state index is 0.120. The topological polar surface area (TPSA) is 111 Å². The number of benzene rings is 1. The highest BCUT2D eigenvalue weighted by Gasteiger charge is 2.15. The van der Waals surface area contributed by atoms with Crippen LogP contribution in [0.2, 0.25) is 0 Å². The zero-order valence-corrected chi connectivity index (χ0v) is 14.5. The maximum absolute atomic E-state index is 12.7. The summed E-state index contributed by atoms with van der Waals surface area (Å²) < 4.78 is 9.20. The van der Waals surface area contributed by atoms with Gasteiger partial charge >= 0.3 is 5.69 Å².